The van der Waals surface area contributed by atoms with Crippen LogP contribution in [-0.4, -0.2) is 4.57 Å². The first-order valence-electron chi connectivity index (χ1n) is 3.25. The first kappa shape index (κ1) is 9.50. The molecule has 1 aromatic heterocycles. The molecule has 0 bridgehead atoms. The largest absolute Gasteiger partial charge is 1.00 e. The van der Waals surface area contributed by atoms with Gasteiger partial charge in [-0.05, 0) is 0 Å². The molecule has 0 aliphatic carbocycles. The lowest BCUT2D eigenvalue weighted by Gasteiger charge is -1.90. The van der Waals surface area contributed by atoms with Gasteiger partial charge < -0.3 is 12.4 Å². The van der Waals surface area contributed by atoms with Crippen LogP contribution in [0.25, 0.3) is 0 Å². The number of aromatic nitrogens is 2. The van der Waals surface area contributed by atoms with Crippen LogP contribution >= 0.6 is 0 Å². The van der Waals surface area contributed by atoms with Crippen LogP contribution in [0.2, 0.25) is 0 Å². The minimum absolute atomic E-state index is 0. The number of nitrogens with zero attached hydrogens (tertiary/aromatic N) is 2. The quantitative estimate of drug-likeness (QED) is 0.399. The van der Waals surface area contributed by atoms with Crippen molar-refractivity contribution in [2.24, 2.45) is 14.1 Å². The fourth-order valence-electron chi connectivity index (χ4n) is 1.12. The Kier molecular flexibility index (Phi) is 3.43. The Hall–Kier alpha value is -0.500. The number of aryl methyl sites for hydroxylation is 2. The Morgan fingerprint density at radius 2 is 2.20 bits per heavy atom. The number of hydrogen-bond acceptors (Lipinski definition) is 0. The van der Waals surface area contributed by atoms with Gasteiger partial charge in [-0.1, -0.05) is 6.92 Å². The highest BCUT2D eigenvalue weighted by molar-refractivity contribution is 4.79. The smallest absolute Gasteiger partial charge is 0.255 e. The average Bonchev–Trinajstić information content (AvgIpc) is 2.12. The van der Waals surface area contributed by atoms with Crippen molar-refractivity contribution in [1.82, 2.24) is 4.57 Å². The molecule has 0 atom stereocenters. The van der Waals surface area contributed by atoms with E-state index in [4.69, 9.17) is 0 Å². The van der Waals surface area contributed by atoms with Crippen molar-refractivity contribution in [2.75, 3.05) is 0 Å². The molecule has 2 nitrogen and oxygen atoms in total. The van der Waals surface area contributed by atoms with Gasteiger partial charge in [0.05, 0.1) is 14.1 Å². The van der Waals surface area contributed by atoms with Gasteiger partial charge in [0.2, 0.25) is 0 Å². The summed E-state index contributed by atoms with van der Waals surface area (Å²) < 4.78 is 4.28. The minimum atomic E-state index is 0. The molecule has 0 amide bonds. The van der Waals surface area contributed by atoms with Gasteiger partial charge in [-0.15, -0.1) is 0 Å². The highest BCUT2D eigenvalue weighted by Crippen LogP contribution is 1.89. The van der Waals surface area contributed by atoms with Gasteiger partial charge in [0, 0.05) is 6.42 Å². The SMILES string of the molecule is CCc1n(C)cc[n+]1C.[Cl-]. The molecule has 1 rings (SSSR count). The first-order chi connectivity index (χ1) is 4.25. The Morgan fingerprint density at radius 1 is 1.60 bits per heavy atom. The number of halogens is 1. The van der Waals surface area contributed by atoms with Crippen LogP contribution in [0, 0.1) is 0 Å². The Labute approximate surface area is 67.9 Å². The maximum absolute atomic E-state index is 2.16. The molecule has 10 heavy (non-hydrogen) atoms. The highest BCUT2D eigenvalue weighted by atomic mass is 35.5. The maximum Gasteiger partial charge on any atom is 0.255 e. The molecule has 3 heteroatoms. The summed E-state index contributed by atoms with van der Waals surface area (Å²) in [6, 6.07) is 0. The average molecular weight is 161 g/mol. The van der Waals surface area contributed by atoms with Crippen LogP contribution in [0.5, 0.6) is 0 Å². The minimum Gasteiger partial charge on any atom is -1.00 e. The normalized spacial score (nSPS) is 9.10. The van der Waals surface area contributed by atoms with E-state index in [0.29, 0.717) is 0 Å². The van der Waals surface area contributed by atoms with E-state index in [-0.39, 0.29) is 12.4 Å². The van der Waals surface area contributed by atoms with Crippen molar-refractivity contribution in [3.63, 3.8) is 0 Å². The maximum atomic E-state index is 2.16. The Bertz CT molecular complexity index is 186. The molecule has 0 unspecified atom stereocenters. The lowest BCUT2D eigenvalue weighted by molar-refractivity contribution is -0.678. The summed E-state index contributed by atoms with van der Waals surface area (Å²) in [7, 11) is 4.14. The lowest BCUT2D eigenvalue weighted by Crippen LogP contribution is -3.00. The third-order valence-corrected chi connectivity index (χ3v) is 1.64. The second-order valence-corrected chi connectivity index (χ2v) is 2.29. The van der Waals surface area contributed by atoms with Gasteiger partial charge in [-0.25, -0.2) is 9.13 Å². The van der Waals surface area contributed by atoms with E-state index in [9.17, 15) is 0 Å². The van der Waals surface area contributed by atoms with Crippen molar-refractivity contribution in [2.45, 2.75) is 13.3 Å². The van der Waals surface area contributed by atoms with E-state index in [2.05, 4.69) is 42.5 Å². The third-order valence-electron chi connectivity index (χ3n) is 1.64. The van der Waals surface area contributed by atoms with E-state index >= 15 is 0 Å². The summed E-state index contributed by atoms with van der Waals surface area (Å²) in [6.45, 7) is 2.16. The molecule has 1 aromatic rings. The molecule has 0 saturated heterocycles. The molecule has 0 saturated carbocycles. The molecule has 0 spiro atoms. The van der Waals surface area contributed by atoms with Crippen LogP contribution in [0.1, 0.15) is 12.7 Å². The fraction of sp³-hybridized carbons (Fsp3) is 0.571. The number of imidazole rings is 1. The molecule has 0 aliphatic heterocycles. The van der Waals surface area contributed by atoms with Crippen LogP contribution < -0.4 is 17.0 Å². The zero-order chi connectivity index (χ0) is 6.85. The number of hydrogen-bond donors (Lipinski definition) is 0. The van der Waals surface area contributed by atoms with E-state index in [0.717, 1.165) is 6.42 Å². The van der Waals surface area contributed by atoms with Crippen LogP contribution in [0.3, 0.4) is 0 Å². The summed E-state index contributed by atoms with van der Waals surface area (Å²) in [4.78, 5) is 0. The molecule has 0 fully saturated rings. The molecule has 0 aromatic carbocycles. The van der Waals surface area contributed by atoms with Crippen molar-refractivity contribution in [3.05, 3.63) is 18.2 Å². The van der Waals surface area contributed by atoms with Gasteiger partial charge in [0.25, 0.3) is 5.82 Å². The van der Waals surface area contributed by atoms with Crippen molar-refractivity contribution in [1.29, 1.82) is 0 Å². The fourth-order valence-corrected chi connectivity index (χ4v) is 1.12. The monoisotopic (exact) mass is 160 g/mol. The van der Waals surface area contributed by atoms with E-state index < -0.39 is 0 Å². The molecule has 58 valence electrons. The predicted octanol–water partition coefficient (Wildman–Crippen LogP) is -2.58. The summed E-state index contributed by atoms with van der Waals surface area (Å²) in [5, 5.41) is 0. The lowest BCUT2D eigenvalue weighted by atomic mass is 10.4. The van der Waals surface area contributed by atoms with E-state index in [1.54, 1.807) is 0 Å². The van der Waals surface area contributed by atoms with Gasteiger partial charge in [0.15, 0.2) is 0 Å². The van der Waals surface area contributed by atoms with Gasteiger partial charge in [-0.2, -0.15) is 0 Å². The first-order valence-corrected chi connectivity index (χ1v) is 3.25. The zero-order valence-corrected chi connectivity index (χ0v) is 7.39. The van der Waals surface area contributed by atoms with Gasteiger partial charge >= 0.3 is 0 Å². The second kappa shape index (κ2) is 3.62. The summed E-state index contributed by atoms with van der Waals surface area (Å²) in [6.07, 6.45) is 5.23. The Morgan fingerprint density at radius 3 is 2.40 bits per heavy atom. The summed E-state index contributed by atoms with van der Waals surface area (Å²) >= 11 is 0. The molecule has 1 heterocycles. The van der Waals surface area contributed by atoms with Gasteiger partial charge in [0.1, 0.15) is 12.4 Å². The standard InChI is InChI=1S/C7H13N2.ClH/c1-4-7-8(2)5-6-9(7)3;/h5-6H,4H2,1-3H3;1H/q+1;/p-1. The predicted molar refractivity (Wildman–Crippen MR) is 36.0 cm³/mol. The Balaban J connectivity index is 0.000000810. The van der Waals surface area contributed by atoms with E-state index in [1.807, 2.05) is 0 Å². The van der Waals surface area contributed by atoms with Crippen LogP contribution in [0.4, 0.5) is 0 Å². The van der Waals surface area contributed by atoms with E-state index in [1.165, 1.54) is 5.82 Å². The third kappa shape index (κ3) is 1.51. The topological polar surface area (TPSA) is 8.81 Å². The zero-order valence-electron chi connectivity index (χ0n) is 6.63. The summed E-state index contributed by atoms with van der Waals surface area (Å²) in [5.41, 5.74) is 0. The van der Waals surface area contributed by atoms with Crippen LogP contribution in [-0.2, 0) is 20.5 Å². The molecule has 0 aliphatic rings. The molecular formula is C7H13ClN2. The van der Waals surface area contributed by atoms with Crippen molar-refractivity contribution >= 4 is 0 Å². The molecule has 0 N–H and O–H groups in total. The van der Waals surface area contributed by atoms with Crippen molar-refractivity contribution in [3.8, 4) is 0 Å². The molecular weight excluding hydrogens is 148 g/mol. The molecule has 0 radical (unpaired) electrons. The van der Waals surface area contributed by atoms with Gasteiger partial charge in [-0.3, -0.25) is 0 Å². The van der Waals surface area contributed by atoms with Crippen molar-refractivity contribution < 1.29 is 17.0 Å². The second-order valence-electron chi connectivity index (χ2n) is 2.29. The van der Waals surface area contributed by atoms with Crippen LogP contribution in [0.15, 0.2) is 12.4 Å². The summed E-state index contributed by atoms with van der Waals surface area (Å²) in [5.74, 6) is 1.36. The number of rotatable bonds is 1. The highest BCUT2D eigenvalue weighted by Gasteiger charge is 2.05.